The second kappa shape index (κ2) is 8.93. The molecule has 0 radical (unpaired) electrons. The van der Waals surface area contributed by atoms with Gasteiger partial charge in [0.25, 0.3) is 0 Å². The predicted octanol–water partition coefficient (Wildman–Crippen LogP) is 4.26. The van der Waals surface area contributed by atoms with E-state index in [-0.39, 0.29) is 17.5 Å². The van der Waals surface area contributed by atoms with Crippen LogP contribution in [0.25, 0.3) is 11.3 Å². The van der Waals surface area contributed by atoms with E-state index in [1.165, 1.54) is 12.3 Å². The van der Waals surface area contributed by atoms with Crippen LogP contribution in [0.1, 0.15) is 43.1 Å². The Bertz CT molecular complexity index is 1040. The zero-order valence-corrected chi connectivity index (χ0v) is 18.4. The molecule has 2 aromatic rings. The summed E-state index contributed by atoms with van der Waals surface area (Å²) in [5.74, 6) is 0.417. The lowest BCUT2D eigenvalue weighted by Crippen LogP contribution is -2.25. The first kappa shape index (κ1) is 21.7. The van der Waals surface area contributed by atoms with Crippen LogP contribution in [0.3, 0.4) is 0 Å². The molecule has 8 heteroatoms. The molecule has 1 aromatic carbocycles. The van der Waals surface area contributed by atoms with Crippen LogP contribution in [0.2, 0.25) is 5.02 Å². The van der Waals surface area contributed by atoms with Gasteiger partial charge in [-0.3, -0.25) is 4.79 Å². The largest absolute Gasteiger partial charge is 0.492 e. The number of halogens is 1. The summed E-state index contributed by atoms with van der Waals surface area (Å²) in [5, 5.41) is 9.83. The fraction of sp³-hybridized carbons (Fsp3) is 0.478. The van der Waals surface area contributed by atoms with Gasteiger partial charge in [0.15, 0.2) is 5.43 Å². The van der Waals surface area contributed by atoms with E-state index in [1.54, 1.807) is 12.1 Å². The van der Waals surface area contributed by atoms with Gasteiger partial charge in [-0.2, -0.15) is 0 Å². The standard InChI is InChI=1S/C23H26ClNO6/c1-13(2)19-12-31-21-9-22(30-11-14-3-5-29-6-4-14)17(24)7-15(21)18-8-20(26)16(23(27)28)10-25(18)19/h7-10,13-14,19H,3-6,11-12H2,1-2H3,(H,27,28)/t19-/m0/s1. The third-order valence-electron chi connectivity index (χ3n) is 5.97. The van der Waals surface area contributed by atoms with Crippen LogP contribution < -0.4 is 14.9 Å². The normalized spacial score (nSPS) is 18.6. The third kappa shape index (κ3) is 4.43. The van der Waals surface area contributed by atoms with Crippen molar-refractivity contribution in [2.45, 2.75) is 32.7 Å². The van der Waals surface area contributed by atoms with Gasteiger partial charge in [-0.15, -0.1) is 0 Å². The average Bonchev–Trinajstić information content (AvgIpc) is 2.88. The molecule has 1 aromatic heterocycles. The van der Waals surface area contributed by atoms with Gasteiger partial charge in [0.2, 0.25) is 0 Å². The minimum atomic E-state index is -1.25. The topological polar surface area (TPSA) is 87.0 Å². The summed E-state index contributed by atoms with van der Waals surface area (Å²) >= 11 is 6.53. The number of hydrogen-bond acceptors (Lipinski definition) is 5. The number of rotatable bonds is 5. The van der Waals surface area contributed by atoms with Crippen LogP contribution in [0.15, 0.2) is 29.2 Å². The predicted molar refractivity (Wildman–Crippen MR) is 117 cm³/mol. The van der Waals surface area contributed by atoms with Crippen LogP contribution >= 0.6 is 11.6 Å². The van der Waals surface area contributed by atoms with E-state index in [1.807, 2.05) is 18.4 Å². The molecule has 0 bridgehead atoms. The zero-order chi connectivity index (χ0) is 22.1. The molecule has 4 rings (SSSR count). The molecule has 0 unspecified atom stereocenters. The first-order valence-corrected chi connectivity index (χ1v) is 10.9. The smallest absolute Gasteiger partial charge is 0.341 e. The number of ether oxygens (including phenoxy) is 3. The molecule has 2 aliphatic rings. The Labute approximate surface area is 185 Å². The van der Waals surface area contributed by atoms with Crippen molar-refractivity contribution in [3.05, 3.63) is 45.2 Å². The minimum absolute atomic E-state index is 0.147. The fourth-order valence-corrected chi connectivity index (χ4v) is 4.27. The van der Waals surface area contributed by atoms with Gasteiger partial charge < -0.3 is 23.9 Å². The summed E-state index contributed by atoms with van der Waals surface area (Å²) in [5.41, 5.74) is 0.408. The van der Waals surface area contributed by atoms with E-state index in [0.29, 0.717) is 46.9 Å². The number of carbonyl (C=O) groups is 1. The number of carboxylic acids is 1. The second-order valence-corrected chi connectivity index (χ2v) is 8.82. The lowest BCUT2D eigenvalue weighted by atomic mass is 10.0. The van der Waals surface area contributed by atoms with Crippen molar-refractivity contribution in [3.8, 4) is 22.8 Å². The highest BCUT2D eigenvalue weighted by Crippen LogP contribution is 2.42. The summed E-state index contributed by atoms with van der Waals surface area (Å²) in [4.78, 5) is 24.0. The molecule has 0 aliphatic carbocycles. The monoisotopic (exact) mass is 447 g/mol. The van der Waals surface area contributed by atoms with E-state index in [0.717, 1.165) is 26.1 Å². The lowest BCUT2D eigenvalue weighted by molar-refractivity contribution is 0.0497. The van der Waals surface area contributed by atoms with E-state index in [9.17, 15) is 14.7 Å². The molecule has 3 heterocycles. The number of carboxylic acid groups (broad SMARTS) is 1. The number of nitrogens with zero attached hydrogens (tertiary/aromatic N) is 1. The SMILES string of the molecule is CC(C)[C@@H]1COc2cc(OCC3CCOCC3)c(Cl)cc2-c2cc(=O)c(C(=O)O)cn21. The van der Waals surface area contributed by atoms with Crippen LogP contribution in [0.4, 0.5) is 0 Å². The van der Waals surface area contributed by atoms with Crippen LogP contribution in [-0.2, 0) is 4.74 Å². The van der Waals surface area contributed by atoms with Gasteiger partial charge in [-0.25, -0.2) is 4.79 Å². The van der Waals surface area contributed by atoms with Gasteiger partial charge in [0.05, 0.1) is 23.4 Å². The summed E-state index contributed by atoms with van der Waals surface area (Å²) in [6.45, 7) is 6.43. The molecule has 7 nitrogen and oxygen atoms in total. The highest BCUT2D eigenvalue weighted by atomic mass is 35.5. The Morgan fingerprint density at radius 2 is 2.03 bits per heavy atom. The number of pyridine rings is 1. The van der Waals surface area contributed by atoms with Crippen LogP contribution in [0, 0.1) is 11.8 Å². The van der Waals surface area contributed by atoms with Gasteiger partial charge in [-0.1, -0.05) is 25.4 Å². The maximum absolute atomic E-state index is 12.5. The van der Waals surface area contributed by atoms with Crippen molar-refractivity contribution in [1.29, 1.82) is 0 Å². The molecule has 31 heavy (non-hydrogen) atoms. The highest BCUT2D eigenvalue weighted by Gasteiger charge is 2.28. The summed E-state index contributed by atoms with van der Waals surface area (Å²) in [6, 6.07) is 4.70. The molecule has 1 fully saturated rings. The molecule has 1 atom stereocenters. The molecule has 0 amide bonds. The van der Waals surface area contributed by atoms with E-state index >= 15 is 0 Å². The lowest BCUT2D eigenvalue weighted by Gasteiger charge is -2.24. The van der Waals surface area contributed by atoms with Crippen molar-refractivity contribution in [2.24, 2.45) is 11.8 Å². The average molecular weight is 448 g/mol. The molecule has 166 valence electrons. The van der Waals surface area contributed by atoms with Gasteiger partial charge in [-0.05, 0) is 30.7 Å². The number of fused-ring (bicyclic) bond motifs is 3. The number of aromatic carboxylic acids is 1. The van der Waals surface area contributed by atoms with Crippen molar-refractivity contribution in [1.82, 2.24) is 4.57 Å². The zero-order valence-electron chi connectivity index (χ0n) is 17.6. The Hall–Kier alpha value is -2.51. The van der Waals surface area contributed by atoms with Gasteiger partial charge in [0.1, 0.15) is 23.7 Å². The molecule has 1 saturated heterocycles. The van der Waals surface area contributed by atoms with Crippen LogP contribution in [0.5, 0.6) is 11.5 Å². The van der Waals surface area contributed by atoms with Gasteiger partial charge in [0, 0.05) is 37.1 Å². The van der Waals surface area contributed by atoms with Crippen molar-refractivity contribution in [2.75, 3.05) is 26.4 Å². The molecule has 1 N–H and O–H groups in total. The van der Waals surface area contributed by atoms with Crippen molar-refractivity contribution < 1.29 is 24.1 Å². The summed E-state index contributed by atoms with van der Waals surface area (Å²) in [7, 11) is 0. The molecule has 0 saturated carbocycles. The third-order valence-corrected chi connectivity index (χ3v) is 6.27. The Morgan fingerprint density at radius 1 is 1.29 bits per heavy atom. The number of benzene rings is 1. The van der Waals surface area contributed by atoms with E-state index in [4.69, 9.17) is 25.8 Å². The quantitative estimate of drug-likeness (QED) is 0.736. The fourth-order valence-electron chi connectivity index (χ4n) is 4.06. The Kier molecular flexibility index (Phi) is 6.25. The molecular weight excluding hydrogens is 422 g/mol. The van der Waals surface area contributed by atoms with Crippen LogP contribution in [-0.4, -0.2) is 42.1 Å². The summed E-state index contributed by atoms with van der Waals surface area (Å²) < 4.78 is 19.3. The minimum Gasteiger partial charge on any atom is -0.492 e. The van der Waals surface area contributed by atoms with Gasteiger partial charge >= 0.3 is 5.97 Å². The molecular formula is C23H26ClNO6. The Balaban J connectivity index is 1.73. The number of hydrogen-bond donors (Lipinski definition) is 1. The maximum atomic E-state index is 12.5. The number of aromatic nitrogens is 1. The summed E-state index contributed by atoms with van der Waals surface area (Å²) in [6.07, 6.45) is 3.32. The van der Waals surface area contributed by atoms with Crippen molar-refractivity contribution in [3.63, 3.8) is 0 Å². The second-order valence-electron chi connectivity index (χ2n) is 8.42. The van der Waals surface area contributed by atoms with E-state index in [2.05, 4.69) is 0 Å². The first-order valence-electron chi connectivity index (χ1n) is 10.5. The van der Waals surface area contributed by atoms with E-state index < -0.39 is 11.4 Å². The molecule has 0 spiro atoms. The first-order chi connectivity index (χ1) is 14.8. The van der Waals surface area contributed by atoms with Crippen molar-refractivity contribution >= 4 is 17.6 Å². The molecule has 2 aliphatic heterocycles. The highest BCUT2D eigenvalue weighted by molar-refractivity contribution is 6.32. The maximum Gasteiger partial charge on any atom is 0.341 e. The Morgan fingerprint density at radius 3 is 2.71 bits per heavy atom.